The van der Waals surface area contributed by atoms with Crippen LogP contribution in [0, 0.1) is 5.92 Å². The first-order valence-corrected chi connectivity index (χ1v) is 6.06. The average molecular weight is 228 g/mol. The fraction of sp³-hybridized carbons (Fsp3) is 0.909. The summed E-state index contributed by atoms with van der Waals surface area (Å²) in [6.07, 6.45) is 3.35. The molecular formula is C11H24N4O. The Morgan fingerprint density at radius 1 is 1.50 bits per heavy atom. The zero-order valence-electron chi connectivity index (χ0n) is 10.4. The second kappa shape index (κ2) is 7.46. The zero-order chi connectivity index (χ0) is 11.8. The number of guanidine groups is 1. The van der Waals surface area contributed by atoms with Gasteiger partial charge < -0.3 is 9.64 Å². The van der Waals surface area contributed by atoms with Crippen molar-refractivity contribution < 1.29 is 4.74 Å². The van der Waals surface area contributed by atoms with Gasteiger partial charge in [0, 0.05) is 33.4 Å². The lowest BCUT2D eigenvalue weighted by atomic mass is 9.98. The Hall–Kier alpha value is -0.810. The Labute approximate surface area is 98.0 Å². The van der Waals surface area contributed by atoms with E-state index in [0.717, 1.165) is 51.5 Å². The van der Waals surface area contributed by atoms with Gasteiger partial charge in [-0.2, -0.15) is 0 Å². The van der Waals surface area contributed by atoms with Crippen LogP contribution in [0.4, 0.5) is 0 Å². The zero-order valence-corrected chi connectivity index (χ0v) is 10.4. The van der Waals surface area contributed by atoms with Gasteiger partial charge in [-0.25, -0.2) is 5.84 Å². The summed E-state index contributed by atoms with van der Waals surface area (Å²) in [5, 5.41) is 0. The van der Waals surface area contributed by atoms with E-state index in [4.69, 9.17) is 10.6 Å². The van der Waals surface area contributed by atoms with Crippen LogP contribution in [0.15, 0.2) is 4.99 Å². The Morgan fingerprint density at radius 2 is 2.19 bits per heavy atom. The molecule has 0 aromatic rings. The van der Waals surface area contributed by atoms with E-state index in [1.807, 2.05) is 0 Å². The first-order chi connectivity index (χ1) is 7.81. The quantitative estimate of drug-likeness (QED) is 0.320. The van der Waals surface area contributed by atoms with E-state index in [9.17, 15) is 0 Å². The summed E-state index contributed by atoms with van der Waals surface area (Å²) in [6.45, 7) is 5.84. The van der Waals surface area contributed by atoms with Crippen molar-refractivity contribution in [2.24, 2.45) is 16.8 Å². The molecular weight excluding hydrogens is 204 g/mol. The van der Waals surface area contributed by atoms with Crippen molar-refractivity contribution in [2.75, 3.05) is 33.4 Å². The van der Waals surface area contributed by atoms with Crippen molar-refractivity contribution >= 4 is 5.96 Å². The van der Waals surface area contributed by atoms with Crippen LogP contribution in [0.5, 0.6) is 0 Å². The molecule has 0 spiro atoms. The molecule has 1 aliphatic heterocycles. The smallest absolute Gasteiger partial charge is 0.208 e. The number of aliphatic imine (C=N–C) groups is 1. The molecule has 0 aliphatic carbocycles. The van der Waals surface area contributed by atoms with Gasteiger partial charge in [0.15, 0.2) is 0 Å². The molecule has 0 unspecified atom stereocenters. The van der Waals surface area contributed by atoms with Gasteiger partial charge in [0.1, 0.15) is 0 Å². The number of nitrogens with zero attached hydrogens (tertiary/aromatic N) is 2. The Balaban J connectivity index is 2.38. The van der Waals surface area contributed by atoms with Crippen LogP contribution in [-0.4, -0.2) is 44.2 Å². The predicted octanol–water partition coefficient (Wildman–Crippen LogP) is 0.574. The highest BCUT2D eigenvalue weighted by molar-refractivity contribution is 5.79. The van der Waals surface area contributed by atoms with E-state index in [2.05, 4.69) is 22.2 Å². The number of rotatable bonds is 4. The monoisotopic (exact) mass is 228 g/mol. The van der Waals surface area contributed by atoms with E-state index >= 15 is 0 Å². The molecule has 0 saturated carbocycles. The van der Waals surface area contributed by atoms with Crippen molar-refractivity contribution in [3.05, 3.63) is 0 Å². The third kappa shape index (κ3) is 3.98. The Kier molecular flexibility index (Phi) is 6.18. The number of hydrogen-bond acceptors (Lipinski definition) is 3. The Bertz CT molecular complexity index is 212. The molecule has 0 aromatic heterocycles. The van der Waals surface area contributed by atoms with Crippen LogP contribution in [0.25, 0.3) is 0 Å². The fourth-order valence-corrected chi connectivity index (χ4v) is 2.00. The van der Waals surface area contributed by atoms with E-state index in [1.165, 1.54) is 0 Å². The van der Waals surface area contributed by atoms with Crippen LogP contribution in [-0.2, 0) is 4.74 Å². The van der Waals surface area contributed by atoms with Gasteiger partial charge in [0.25, 0.3) is 0 Å². The standard InChI is InChI=1S/C11H24N4O/c1-3-6-13-11(14-12)15-7-4-10(5-8-15)9-16-2/h10H,3-9,12H2,1-2H3,(H,13,14). The highest BCUT2D eigenvalue weighted by Crippen LogP contribution is 2.17. The van der Waals surface area contributed by atoms with Crippen molar-refractivity contribution in [3.8, 4) is 0 Å². The van der Waals surface area contributed by atoms with Gasteiger partial charge in [0.05, 0.1) is 0 Å². The van der Waals surface area contributed by atoms with Gasteiger partial charge in [-0.05, 0) is 25.2 Å². The number of hydrazine groups is 1. The van der Waals surface area contributed by atoms with Crippen molar-refractivity contribution in [2.45, 2.75) is 26.2 Å². The first-order valence-electron chi connectivity index (χ1n) is 6.06. The van der Waals surface area contributed by atoms with E-state index in [0.29, 0.717) is 5.92 Å². The predicted molar refractivity (Wildman–Crippen MR) is 66.1 cm³/mol. The molecule has 0 atom stereocenters. The molecule has 1 rings (SSSR count). The third-order valence-corrected chi connectivity index (χ3v) is 2.93. The van der Waals surface area contributed by atoms with E-state index in [1.54, 1.807) is 7.11 Å². The number of ether oxygens (including phenoxy) is 1. The topological polar surface area (TPSA) is 62.9 Å². The normalized spacial score (nSPS) is 18.9. The largest absolute Gasteiger partial charge is 0.384 e. The van der Waals surface area contributed by atoms with Crippen molar-refractivity contribution in [1.82, 2.24) is 10.3 Å². The molecule has 1 saturated heterocycles. The number of nitrogens with two attached hydrogens (primary N) is 1. The molecule has 1 heterocycles. The minimum atomic E-state index is 0.687. The molecule has 5 heteroatoms. The molecule has 1 fully saturated rings. The van der Waals surface area contributed by atoms with Gasteiger partial charge >= 0.3 is 0 Å². The highest BCUT2D eigenvalue weighted by atomic mass is 16.5. The van der Waals surface area contributed by atoms with Crippen molar-refractivity contribution in [1.29, 1.82) is 0 Å². The molecule has 94 valence electrons. The maximum Gasteiger partial charge on any atom is 0.208 e. The number of likely N-dealkylation sites (tertiary alicyclic amines) is 1. The number of methoxy groups -OCH3 is 1. The minimum absolute atomic E-state index is 0.687. The second-order valence-electron chi connectivity index (χ2n) is 4.24. The van der Waals surface area contributed by atoms with Gasteiger partial charge in [0.2, 0.25) is 5.96 Å². The molecule has 3 N–H and O–H groups in total. The SMILES string of the molecule is CCCN=C(NN)N1CCC(COC)CC1. The summed E-state index contributed by atoms with van der Waals surface area (Å²) in [5.74, 6) is 7.01. The van der Waals surface area contributed by atoms with Crippen LogP contribution < -0.4 is 11.3 Å². The van der Waals surface area contributed by atoms with E-state index < -0.39 is 0 Å². The molecule has 0 radical (unpaired) electrons. The molecule has 0 bridgehead atoms. The summed E-state index contributed by atoms with van der Waals surface area (Å²) < 4.78 is 5.18. The maximum atomic E-state index is 5.49. The second-order valence-corrected chi connectivity index (χ2v) is 4.24. The van der Waals surface area contributed by atoms with Gasteiger partial charge in [-0.3, -0.25) is 10.4 Å². The van der Waals surface area contributed by atoms with Gasteiger partial charge in [-0.15, -0.1) is 0 Å². The van der Waals surface area contributed by atoms with Crippen LogP contribution >= 0.6 is 0 Å². The fourth-order valence-electron chi connectivity index (χ4n) is 2.00. The molecule has 1 aliphatic rings. The summed E-state index contributed by atoms with van der Waals surface area (Å²) in [4.78, 5) is 6.65. The maximum absolute atomic E-state index is 5.49. The van der Waals surface area contributed by atoms with Crippen LogP contribution in [0.3, 0.4) is 0 Å². The molecule has 0 aromatic carbocycles. The van der Waals surface area contributed by atoms with E-state index in [-0.39, 0.29) is 0 Å². The summed E-state index contributed by atoms with van der Waals surface area (Å²) >= 11 is 0. The molecule has 5 nitrogen and oxygen atoms in total. The van der Waals surface area contributed by atoms with Crippen LogP contribution in [0.2, 0.25) is 0 Å². The lowest BCUT2D eigenvalue weighted by molar-refractivity contribution is 0.118. The number of nitrogens with one attached hydrogen (secondary N) is 1. The summed E-state index contributed by atoms with van der Waals surface area (Å²) in [5.41, 5.74) is 2.70. The third-order valence-electron chi connectivity index (χ3n) is 2.93. The van der Waals surface area contributed by atoms with Crippen molar-refractivity contribution in [3.63, 3.8) is 0 Å². The lowest BCUT2D eigenvalue weighted by Crippen LogP contribution is -2.48. The lowest BCUT2D eigenvalue weighted by Gasteiger charge is -2.33. The highest BCUT2D eigenvalue weighted by Gasteiger charge is 2.20. The average Bonchev–Trinajstić information content (AvgIpc) is 2.32. The first kappa shape index (κ1) is 13.3. The Morgan fingerprint density at radius 3 is 2.69 bits per heavy atom. The minimum Gasteiger partial charge on any atom is -0.384 e. The summed E-state index contributed by atoms with van der Waals surface area (Å²) in [6, 6.07) is 0. The van der Waals surface area contributed by atoms with Crippen LogP contribution in [0.1, 0.15) is 26.2 Å². The number of hydrogen-bond donors (Lipinski definition) is 2. The number of piperidine rings is 1. The molecule has 0 amide bonds. The summed E-state index contributed by atoms with van der Waals surface area (Å²) in [7, 11) is 1.77. The van der Waals surface area contributed by atoms with Gasteiger partial charge in [-0.1, -0.05) is 6.92 Å². The molecule has 16 heavy (non-hydrogen) atoms.